The molecule has 0 unspecified atom stereocenters. The Labute approximate surface area is 171 Å². The van der Waals surface area contributed by atoms with E-state index in [0.717, 1.165) is 56.4 Å². The Kier molecular flexibility index (Phi) is 7.69. The second kappa shape index (κ2) is 10.7. The van der Waals surface area contributed by atoms with E-state index in [4.69, 9.17) is 14.1 Å². The number of rotatable bonds is 8. The van der Waals surface area contributed by atoms with Gasteiger partial charge in [-0.15, -0.1) is 6.58 Å². The number of benzene rings is 1. The lowest BCUT2D eigenvalue weighted by Crippen LogP contribution is -2.52. The average Bonchev–Trinajstić information content (AvgIpc) is 3.25. The fourth-order valence-electron chi connectivity index (χ4n) is 3.34. The summed E-state index contributed by atoms with van der Waals surface area (Å²) in [6, 6.07) is 9.01. The van der Waals surface area contributed by atoms with Gasteiger partial charge in [0.25, 0.3) is 0 Å². The SMILES string of the molecule is C=CCNC(=NCCc1ccco1)N1CCN(Cc2ccc(OC)c(F)c2)CC1. The van der Waals surface area contributed by atoms with Crippen molar-refractivity contribution < 1.29 is 13.5 Å². The number of aliphatic imine (C=N–C) groups is 1. The highest BCUT2D eigenvalue weighted by Crippen LogP contribution is 2.19. The van der Waals surface area contributed by atoms with Gasteiger partial charge in [0.15, 0.2) is 17.5 Å². The van der Waals surface area contributed by atoms with Crippen molar-refractivity contribution in [2.24, 2.45) is 4.99 Å². The normalized spacial score (nSPS) is 15.4. The molecule has 1 fully saturated rings. The summed E-state index contributed by atoms with van der Waals surface area (Å²) in [5.41, 5.74) is 0.953. The quantitative estimate of drug-likeness (QED) is 0.420. The Balaban J connectivity index is 1.53. The van der Waals surface area contributed by atoms with Crippen molar-refractivity contribution in [3.63, 3.8) is 0 Å². The van der Waals surface area contributed by atoms with Crippen LogP contribution in [-0.4, -0.2) is 62.1 Å². The van der Waals surface area contributed by atoms with Crippen LogP contribution >= 0.6 is 0 Å². The van der Waals surface area contributed by atoms with E-state index < -0.39 is 0 Å². The minimum absolute atomic E-state index is 0.280. The van der Waals surface area contributed by atoms with E-state index in [-0.39, 0.29) is 11.6 Å². The smallest absolute Gasteiger partial charge is 0.194 e. The van der Waals surface area contributed by atoms with Gasteiger partial charge < -0.3 is 19.4 Å². The fraction of sp³-hybridized carbons (Fsp3) is 0.409. The second-order valence-electron chi connectivity index (χ2n) is 6.94. The minimum atomic E-state index is -0.316. The van der Waals surface area contributed by atoms with Crippen molar-refractivity contribution in [3.05, 3.63) is 66.4 Å². The summed E-state index contributed by atoms with van der Waals surface area (Å²) in [5.74, 6) is 1.80. The number of nitrogens with zero attached hydrogens (tertiary/aromatic N) is 3. The molecule has 0 spiro atoms. The van der Waals surface area contributed by atoms with E-state index in [1.165, 1.54) is 7.11 Å². The largest absolute Gasteiger partial charge is 0.494 e. The molecule has 1 saturated heterocycles. The molecule has 29 heavy (non-hydrogen) atoms. The monoisotopic (exact) mass is 400 g/mol. The first-order valence-corrected chi connectivity index (χ1v) is 9.91. The highest BCUT2D eigenvalue weighted by Gasteiger charge is 2.20. The van der Waals surface area contributed by atoms with E-state index in [0.29, 0.717) is 13.1 Å². The maximum atomic E-state index is 13.9. The summed E-state index contributed by atoms with van der Waals surface area (Å²) in [7, 11) is 1.48. The number of piperazine rings is 1. The molecule has 1 aliphatic heterocycles. The summed E-state index contributed by atoms with van der Waals surface area (Å²) in [4.78, 5) is 9.33. The van der Waals surface area contributed by atoms with Crippen LogP contribution in [0.1, 0.15) is 11.3 Å². The Morgan fingerprint density at radius 1 is 1.31 bits per heavy atom. The van der Waals surface area contributed by atoms with Gasteiger partial charge >= 0.3 is 0 Å². The van der Waals surface area contributed by atoms with Crippen LogP contribution in [0.4, 0.5) is 4.39 Å². The Hall–Kier alpha value is -2.80. The van der Waals surface area contributed by atoms with Crippen molar-refractivity contribution in [2.75, 3.05) is 46.4 Å². The lowest BCUT2D eigenvalue weighted by molar-refractivity contribution is 0.172. The molecule has 0 atom stereocenters. The second-order valence-corrected chi connectivity index (χ2v) is 6.94. The van der Waals surface area contributed by atoms with Crippen LogP contribution in [-0.2, 0) is 13.0 Å². The number of halogens is 1. The molecule has 0 radical (unpaired) electrons. The highest BCUT2D eigenvalue weighted by molar-refractivity contribution is 5.80. The number of hydrogen-bond acceptors (Lipinski definition) is 4. The van der Waals surface area contributed by atoms with Gasteiger partial charge in [0.2, 0.25) is 0 Å². The van der Waals surface area contributed by atoms with E-state index in [9.17, 15) is 4.39 Å². The lowest BCUT2D eigenvalue weighted by Gasteiger charge is -2.36. The molecule has 6 nitrogen and oxygen atoms in total. The third kappa shape index (κ3) is 6.09. The van der Waals surface area contributed by atoms with Crippen LogP contribution < -0.4 is 10.1 Å². The molecule has 1 aliphatic rings. The van der Waals surface area contributed by atoms with Crippen molar-refractivity contribution in [2.45, 2.75) is 13.0 Å². The molecule has 2 heterocycles. The molecule has 1 N–H and O–H groups in total. The summed E-state index contributed by atoms with van der Waals surface area (Å²) < 4.78 is 24.3. The molecule has 0 bridgehead atoms. The zero-order valence-electron chi connectivity index (χ0n) is 16.9. The fourth-order valence-corrected chi connectivity index (χ4v) is 3.34. The average molecular weight is 400 g/mol. The third-order valence-corrected chi connectivity index (χ3v) is 4.90. The molecule has 1 aromatic carbocycles. The van der Waals surface area contributed by atoms with Gasteiger partial charge in [-0.05, 0) is 29.8 Å². The molecule has 2 aromatic rings. The van der Waals surface area contributed by atoms with Crippen molar-refractivity contribution in [1.82, 2.24) is 15.1 Å². The Bertz CT molecular complexity index is 799. The standard InChI is InChI=1S/C22H29FN4O2/c1-3-9-24-22(25-10-8-19-5-4-15-29-19)27-13-11-26(12-14-27)17-18-6-7-21(28-2)20(23)16-18/h3-7,15-16H,1,8-14,17H2,2H3,(H,24,25). The maximum absolute atomic E-state index is 13.9. The van der Waals surface area contributed by atoms with Crippen LogP contribution in [0.3, 0.4) is 0 Å². The number of furan rings is 1. The number of methoxy groups -OCH3 is 1. The number of nitrogens with one attached hydrogen (secondary N) is 1. The molecule has 1 aromatic heterocycles. The van der Waals surface area contributed by atoms with Crippen LogP contribution in [0, 0.1) is 5.82 Å². The molecule has 3 rings (SSSR count). The van der Waals surface area contributed by atoms with E-state index in [1.54, 1.807) is 18.4 Å². The van der Waals surface area contributed by atoms with Crippen molar-refractivity contribution in [3.8, 4) is 5.75 Å². The zero-order valence-corrected chi connectivity index (χ0v) is 16.9. The molecule has 7 heteroatoms. The van der Waals surface area contributed by atoms with E-state index in [2.05, 4.69) is 21.7 Å². The molecular weight excluding hydrogens is 371 g/mol. The third-order valence-electron chi connectivity index (χ3n) is 4.90. The first-order chi connectivity index (χ1) is 14.2. The summed E-state index contributed by atoms with van der Waals surface area (Å²) >= 11 is 0. The Morgan fingerprint density at radius 3 is 2.79 bits per heavy atom. The number of guanidine groups is 1. The topological polar surface area (TPSA) is 53.2 Å². The number of ether oxygens (including phenoxy) is 1. The van der Waals surface area contributed by atoms with Gasteiger partial charge in [-0.2, -0.15) is 0 Å². The van der Waals surface area contributed by atoms with Gasteiger partial charge in [0.05, 0.1) is 13.4 Å². The maximum Gasteiger partial charge on any atom is 0.194 e. The highest BCUT2D eigenvalue weighted by atomic mass is 19.1. The van der Waals surface area contributed by atoms with Crippen LogP contribution in [0.15, 0.2) is 58.7 Å². The predicted molar refractivity (Wildman–Crippen MR) is 113 cm³/mol. The van der Waals surface area contributed by atoms with Gasteiger partial charge in [-0.25, -0.2) is 4.39 Å². The lowest BCUT2D eigenvalue weighted by atomic mass is 10.2. The van der Waals surface area contributed by atoms with Crippen molar-refractivity contribution in [1.29, 1.82) is 0 Å². The first-order valence-electron chi connectivity index (χ1n) is 9.91. The molecule has 156 valence electrons. The zero-order chi connectivity index (χ0) is 20.5. The number of hydrogen-bond donors (Lipinski definition) is 1. The van der Waals surface area contributed by atoms with E-state index in [1.807, 2.05) is 24.3 Å². The van der Waals surface area contributed by atoms with Crippen LogP contribution in [0.5, 0.6) is 5.75 Å². The molecule has 0 aliphatic carbocycles. The van der Waals surface area contributed by atoms with Crippen molar-refractivity contribution >= 4 is 5.96 Å². The molecule has 0 amide bonds. The van der Waals surface area contributed by atoms with Gasteiger partial charge in [0.1, 0.15) is 5.76 Å². The van der Waals surface area contributed by atoms with E-state index >= 15 is 0 Å². The van der Waals surface area contributed by atoms with Gasteiger partial charge in [-0.3, -0.25) is 9.89 Å². The summed E-state index contributed by atoms with van der Waals surface area (Å²) in [6.45, 7) is 9.34. The van der Waals surface area contributed by atoms with Gasteiger partial charge in [-0.1, -0.05) is 12.1 Å². The summed E-state index contributed by atoms with van der Waals surface area (Å²) in [5, 5.41) is 3.35. The minimum Gasteiger partial charge on any atom is -0.494 e. The molecule has 0 saturated carbocycles. The Morgan fingerprint density at radius 2 is 2.14 bits per heavy atom. The first kappa shape index (κ1) is 20.9. The molecular formula is C22H29FN4O2. The van der Waals surface area contributed by atoms with Crippen LogP contribution in [0.2, 0.25) is 0 Å². The van der Waals surface area contributed by atoms with Crippen LogP contribution in [0.25, 0.3) is 0 Å². The summed E-state index contributed by atoms with van der Waals surface area (Å²) in [6.07, 6.45) is 4.29. The predicted octanol–water partition coefficient (Wildman–Crippen LogP) is 2.92. The van der Waals surface area contributed by atoms with Gasteiger partial charge in [0, 0.05) is 52.2 Å².